The molecule has 1 unspecified atom stereocenters. The summed E-state index contributed by atoms with van der Waals surface area (Å²) in [5, 5.41) is 1.97. The van der Waals surface area contributed by atoms with E-state index in [1.165, 1.54) is 6.07 Å². The van der Waals surface area contributed by atoms with E-state index in [4.69, 9.17) is 0 Å². The van der Waals surface area contributed by atoms with Crippen molar-refractivity contribution in [1.29, 1.82) is 0 Å². The van der Waals surface area contributed by atoms with Crippen molar-refractivity contribution in [2.24, 2.45) is 5.41 Å². The second kappa shape index (κ2) is 5.91. The van der Waals surface area contributed by atoms with E-state index in [0.29, 0.717) is 5.69 Å². The van der Waals surface area contributed by atoms with E-state index >= 15 is 0 Å². The Hall–Kier alpha value is -1.79. The minimum atomic E-state index is -4.54. The van der Waals surface area contributed by atoms with Crippen LogP contribution in [0.5, 0.6) is 0 Å². The molecule has 4 nitrogen and oxygen atoms in total. The monoisotopic (exact) mass is 304 g/mol. The van der Waals surface area contributed by atoms with E-state index in [1.807, 2.05) is 5.32 Å². The molecule has 1 aromatic rings. The maximum absolute atomic E-state index is 13.0. The fraction of sp³-hybridized carbons (Fsp3) is 0.571. The number of halogens is 3. The Morgan fingerprint density at radius 1 is 1.29 bits per heavy atom. The van der Waals surface area contributed by atoms with E-state index in [2.05, 4.69) is 4.98 Å². The number of pyridine rings is 1. The predicted octanol–water partition coefficient (Wildman–Crippen LogP) is 2.78. The lowest BCUT2D eigenvalue weighted by Gasteiger charge is -2.28. The highest BCUT2D eigenvalue weighted by Crippen LogP contribution is 2.30. The average Bonchev–Trinajstić information content (AvgIpc) is 2.23. The standard InChI is InChI=1S/C14H19F3N2O2/c1-8-5-9(6-11(20)18-8)12(21)19-10(14(15,16)17)7-13(2,3)4/h5-6,10H,7H2,1-4H3,(H,18,20)(H,19,21). The summed E-state index contributed by atoms with van der Waals surface area (Å²) < 4.78 is 39.0. The van der Waals surface area contributed by atoms with Gasteiger partial charge in [0.1, 0.15) is 6.04 Å². The number of amides is 1. The van der Waals surface area contributed by atoms with Gasteiger partial charge in [-0.15, -0.1) is 0 Å². The quantitative estimate of drug-likeness (QED) is 0.902. The summed E-state index contributed by atoms with van der Waals surface area (Å²) in [4.78, 5) is 25.6. The van der Waals surface area contributed by atoms with Crippen LogP contribution in [0.25, 0.3) is 0 Å². The van der Waals surface area contributed by atoms with Crippen LogP contribution in [-0.2, 0) is 0 Å². The Morgan fingerprint density at radius 2 is 1.86 bits per heavy atom. The van der Waals surface area contributed by atoms with Crippen LogP contribution in [-0.4, -0.2) is 23.1 Å². The van der Waals surface area contributed by atoms with E-state index in [1.54, 1.807) is 27.7 Å². The number of alkyl halides is 3. The first-order valence-corrected chi connectivity index (χ1v) is 6.47. The van der Waals surface area contributed by atoms with Gasteiger partial charge in [0, 0.05) is 17.3 Å². The Kier molecular flexibility index (Phi) is 4.86. The second-order valence-corrected chi connectivity index (χ2v) is 6.25. The van der Waals surface area contributed by atoms with Crippen LogP contribution in [0, 0.1) is 12.3 Å². The SMILES string of the molecule is Cc1cc(C(=O)NC(CC(C)(C)C)C(F)(F)F)cc(=O)[nH]1. The average molecular weight is 304 g/mol. The van der Waals surface area contributed by atoms with Crippen molar-refractivity contribution in [3.8, 4) is 0 Å². The van der Waals surface area contributed by atoms with Crippen molar-refractivity contribution in [2.45, 2.75) is 46.3 Å². The van der Waals surface area contributed by atoms with E-state index < -0.39 is 29.1 Å². The Labute approximate surface area is 120 Å². The number of aromatic amines is 1. The van der Waals surface area contributed by atoms with Gasteiger partial charge in [0.05, 0.1) is 0 Å². The molecule has 1 aromatic heterocycles. The lowest BCUT2D eigenvalue weighted by Crippen LogP contribution is -2.47. The molecular weight excluding hydrogens is 285 g/mol. The van der Waals surface area contributed by atoms with Gasteiger partial charge in [0.25, 0.3) is 5.91 Å². The molecule has 118 valence electrons. The van der Waals surface area contributed by atoms with Gasteiger partial charge in [0.2, 0.25) is 5.56 Å². The zero-order valence-electron chi connectivity index (χ0n) is 12.4. The maximum atomic E-state index is 13.0. The van der Waals surface area contributed by atoms with Gasteiger partial charge in [-0.3, -0.25) is 9.59 Å². The molecule has 7 heteroatoms. The zero-order valence-corrected chi connectivity index (χ0v) is 12.4. The molecule has 0 fully saturated rings. The summed E-state index contributed by atoms with van der Waals surface area (Å²) in [7, 11) is 0. The molecule has 1 heterocycles. The van der Waals surface area contributed by atoms with Crippen molar-refractivity contribution in [1.82, 2.24) is 10.3 Å². The largest absolute Gasteiger partial charge is 0.408 e. The van der Waals surface area contributed by atoms with E-state index in [0.717, 1.165) is 6.07 Å². The highest BCUT2D eigenvalue weighted by Gasteiger charge is 2.42. The topological polar surface area (TPSA) is 62.0 Å². The third kappa shape index (κ3) is 5.61. The molecule has 0 bridgehead atoms. The number of H-pyrrole nitrogens is 1. The van der Waals surface area contributed by atoms with Crippen LogP contribution in [0.3, 0.4) is 0 Å². The zero-order chi connectivity index (χ0) is 16.4. The van der Waals surface area contributed by atoms with E-state index in [9.17, 15) is 22.8 Å². The van der Waals surface area contributed by atoms with Gasteiger partial charge in [0.15, 0.2) is 0 Å². The summed E-state index contributed by atoms with van der Waals surface area (Å²) in [6.45, 7) is 6.54. The molecule has 2 N–H and O–H groups in total. The first kappa shape index (κ1) is 17.3. The molecule has 0 radical (unpaired) electrons. The summed E-state index contributed by atoms with van der Waals surface area (Å²) in [5.41, 5.74) is -0.802. The first-order chi connectivity index (χ1) is 9.38. The molecule has 0 aliphatic rings. The lowest BCUT2D eigenvalue weighted by atomic mass is 9.87. The predicted molar refractivity (Wildman–Crippen MR) is 73.2 cm³/mol. The van der Waals surface area contributed by atoms with Gasteiger partial charge >= 0.3 is 6.18 Å². The van der Waals surface area contributed by atoms with Gasteiger partial charge < -0.3 is 10.3 Å². The minimum Gasteiger partial charge on any atom is -0.340 e. The molecule has 1 atom stereocenters. The third-order valence-electron chi connectivity index (χ3n) is 2.76. The molecule has 0 aromatic carbocycles. The van der Waals surface area contributed by atoms with Crippen molar-refractivity contribution in [3.05, 3.63) is 33.7 Å². The van der Waals surface area contributed by atoms with Crippen molar-refractivity contribution in [2.75, 3.05) is 0 Å². The normalized spacial score (nSPS) is 13.9. The van der Waals surface area contributed by atoms with Gasteiger partial charge in [-0.05, 0) is 24.8 Å². The molecule has 0 aliphatic carbocycles. The summed E-state index contributed by atoms with van der Waals surface area (Å²) >= 11 is 0. The number of aromatic nitrogens is 1. The minimum absolute atomic E-state index is 0.0839. The van der Waals surface area contributed by atoms with Crippen molar-refractivity contribution in [3.63, 3.8) is 0 Å². The highest BCUT2D eigenvalue weighted by atomic mass is 19.4. The maximum Gasteiger partial charge on any atom is 0.408 e. The molecule has 0 spiro atoms. The van der Waals surface area contributed by atoms with Crippen LogP contribution in [0.1, 0.15) is 43.2 Å². The number of carbonyl (C=O) groups excluding carboxylic acids is 1. The van der Waals surface area contributed by atoms with Gasteiger partial charge in [-0.1, -0.05) is 20.8 Å². The Morgan fingerprint density at radius 3 is 2.29 bits per heavy atom. The van der Waals surface area contributed by atoms with Gasteiger partial charge in [-0.25, -0.2) is 0 Å². The number of rotatable bonds is 3. The number of hydrogen-bond donors (Lipinski definition) is 2. The fourth-order valence-electron chi connectivity index (χ4n) is 1.92. The third-order valence-corrected chi connectivity index (χ3v) is 2.76. The smallest absolute Gasteiger partial charge is 0.340 e. The van der Waals surface area contributed by atoms with Gasteiger partial charge in [-0.2, -0.15) is 13.2 Å². The number of carbonyl (C=O) groups is 1. The van der Waals surface area contributed by atoms with E-state index in [-0.39, 0.29) is 12.0 Å². The lowest BCUT2D eigenvalue weighted by molar-refractivity contribution is -0.159. The van der Waals surface area contributed by atoms with Crippen LogP contribution >= 0.6 is 0 Å². The van der Waals surface area contributed by atoms with Crippen LogP contribution in [0.4, 0.5) is 13.2 Å². The summed E-state index contributed by atoms with van der Waals surface area (Å²) in [6, 6.07) is 0.360. The molecule has 0 aliphatic heterocycles. The number of hydrogen-bond acceptors (Lipinski definition) is 2. The van der Waals surface area contributed by atoms with Crippen LogP contribution < -0.4 is 10.9 Å². The number of aryl methyl sites for hydroxylation is 1. The Balaban J connectivity index is 2.98. The second-order valence-electron chi connectivity index (χ2n) is 6.25. The van der Waals surface area contributed by atoms with Crippen LogP contribution in [0.2, 0.25) is 0 Å². The first-order valence-electron chi connectivity index (χ1n) is 6.47. The van der Waals surface area contributed by atoms with Crippen LogP contribution in [0.15, 0.2) is 16.9 Å². The number of nitrogens with one attached hydrogen (secondary N) is 2. The Bertz CT molecular complexity index is 571. The van der Waals surface area contributed by atoms with Crippen molar-refractivity contribution < 1.29 is 18.0 Å². The molecular formula is C14H19F3N2O2. The molecule has 1 amide bonds. The summed E-state index contributed by atoms with van der Waals surface area (Å²) in [5.74, 6) is -0.907. The fourth-order valence-corrected chi connectivity index (χ4v) is 1.92. The summed E-state index contributed by atoms with van der Waals surface area (Å²) in [6.07, 6.45) is -4.79. The van der Waals surface area contributed by atoms with Crippen molar-refractivity contribution >= 4 is 5.91 Å². The molecule has 21 heavy (non-hydrogen) atoms. The molecule has 0 saturated carbocycles. The molecule has 0 saturated heterocycles. The molecule has 1 rings (SSSR count). The highest BCUT2D eigenvalue weighted by molar-refractivity contribution is 5.94.